The number of ether oxygens (including phenoxy) is 1. The highest BCUT2D eigenvalue weighted by atomic mass is 16.5. The first-order valence-corrected chi connectivity index (χ1v) is 6.10. The third kappa shape index (κ3) is 3.17. The molecule has 0 bridgehead atoms. The summed E-state index contributed by atoms with van der Waals surface area (Å²) < 4.78 is 5.50. The third-order valence-corrected chi connectivity index (χ3v) is 2.77. The van der Waals surface area contributed by atoms with E-state index in [0.29, 0.717) is 18.4 Å². The Bertz CT molecular complexity index is 552. The largest absolute Gasteiger partial charge is 0.504 e. The Morgan fingerprint density at radius 2 is 1.63 bits per heavy atom. The van der Waals surface area contributed by atoms with Crippen LogP contribution in [-0.2, 0) is 6.42 Å². The molecule has 100 valence electrons. The molecule has 0 saturated carbocycles. The van der Waals surface area contributed by atoms with Crippen molar-refractivity contribution in [2.24, 2.45) is 0 Å². The third-order valence-electron chi connectivity index (χ3n) is 2.77. The summed E-state index contributed by atoms with van der Waals surface area (Å²) in [5.74, 6) is 0.635. The van der Waals surface area contributed by atoms with Gasteiger partial charge < -0.3 is 20.1 Å². The van der Waals surface area contributed by atoms with Crippen LogP contribution in [0.2, 0.25) is 0 Å². The molecule has 0 amide bonds. The van der Waals surface area contributed by atoms with Crippen molar-refractivity contribution in [3.05, 3.63) is 48.0 Å². The lowest BCUT2D eigenvalue weighted by atomic mass is 10.1. The normalized spacial score (nSPS) is 10.4. The van der Waals surface area contributed by atoms with E-state index in [-0.39, 0.29) is 29.6 Å². The summed E-state index contributed by atoms with van der Waals surface area (Å²) in [5.41, 5.74) is 0.710. The van der Waals surface area contributed by atoms with Crippen molar-refractivity contribution in [2.45, 2.75) is 12.8 Å². The van der Waals surface area contributed by atoms with Crippen molar-refractivity contribution < 1.29 is 20.1 Å². The van der Waals surface area contributed by atoms with Gasteiger partial charge in [-0.25, -0.2) is 0 Å². The van der Waals surface area contributed by atoms with Crippen LogP contribution < -0.4 is 4.74 Å². The number of aliphatic hydroxyl groups is 1. The van der Waals surface area contributed by atoms with Gasteiger partial charge in [-0.3, -0.25) is 0 Å². The van der Waals surface area contributed by atoms with Gasteiger partial charge in [-0.15, -0.1) is 0 Å². The molecule has 2 aromatic carbocycles. The lowest BCUT2D eigenvalue weighted by molar-refractivity contribution is 0.287. The Balaban J connectivity index is 2.23. The Kier molecular flexibility index (Phi) is 4.26. The predicted octanol–water partition coefficient (Wildman–Crippen LogP) is 2.82. The maximum atomic E-state index is 10.1. The van der Waals surface area contributed by atoms with E-state index < -0.39 is 0 Å². The van der Waals surface area contributed by atoms with Crippen molar-refractivity contribution in [2.75, 3.05) is 6.61 Å². The molecular formula is C15H16O4. The minimum Gasteiger partial charge on any atom is -0.504 e. The Morgan fingerprint density at radius 1 is 0.895 bits per heavy atom. The fourth-order valence-corrected chi connectivity index (χ4v) is 1.78. The van der Waals surface area contributed by atoms with Crippen molar-refractivity contribution in [1.82, 2.24) is 0 Å². The molecule has 2 rings (SSSR count). The van der Waals surface area contributed by atoms with Crippen molar-refractivity contribution in [3.8, 4) is 23.0 Å². The highest BCUT2D eigenvalue weighted by Gasteiger charge is 2.10. The second kappa shape index (κ2) is 6.11. The van der Waals surface area contributed by atoms with Gasteiger partial charge >= 0.3 is 0 Å². The number of aryl methyl sites for hydroxylation is 1. The quantitative estimate of drug-likeness (QED) is 0.773. The lowest BCUT2D eigenvalue weighted by Gasteiger charge is -2.11. The molecule has 4 heteroatoms. The summed E-state index contributed by atoms with van der Waals surface area (Å²) in [6.45, 7) is 0.0734. The molecule has 0 spiro atoms. The summed E-state index contributed by atoms with van der Waals surface area (Å²) in [6, 6.07) is 11.7. The van der Waals surface area contributed by atoms with Gasteiger partial charge in [0.2, 0.25) is 0 Å². The van der Waals surface area contributed by atoms with Crippen LogP contribution in [0.15, 0.2) is 42.5 Å². The molecule has 0 heterocycles. The Morgan fingerprint density at radius 3 is 2.37 bits per heavy atom. The maximum absolute atomic E-state index is 10.1. The van der Waals surface area contributed by atoms with Gasteiger partial charge in [-0.2, -0.15) is 0 Å². The summed E-state index contributed by atoms with van der Waals surface area (Å²) in [4.78, 5) is 0. The summed E-state index contributed by atoms with van der Waals surface area (Å²) in [7, 11) is 0. The molecule has 2 aromatic rings. The van der Waals surface area contributed by atoms with Crippen LogP contribution >= 0.6 is 0 Å². The number of hydrogen-bond acceptors (Lipinski definition) is 4. The number of aliphatic hydroxyl groups excluding tert-OH is 1. The molecule has 0 aromatic heterocycles. The standard InChI is InChI=1S/C15H16O4/c16-10-4-6-11-5-3-9-14(15(11)18)19-13-8-2-1-7-12(13)17/h1-3,5,7-9,16-18H,4,6,10H2. The van der Waals surface area contributed by atoms with Crippen molar-refractivity contribution >= 4 is 0 Å². The van der Waals surface area contributed by atoms with E-state index in [0.717, 1.165) is 0 Å². The van der Waals surface area contributed by atoms with E-state index in [1.54, 1.807) is 36.4 Å². The highest BCUT2D eigenvalue weighted by Crippen LogP contribution is 2.37. The number of benzene rings is 2. The Hall–Kier alpha value is -2.20. The van der Waals surface area contributed by atoms with Crippen LogP contribution in [0.4, 0.5) is 0 Å². The van der Waals surface area contributed by atoms with Gasteiger partial charge in [-0.1, -0.05) is 24.3 Å². The first kappa shape index (κ1) is 13.2. The SMILES string of the molecule is OCCCc1cccc(Oc2ccccc2O)c1O. The van der Waals surface area contributed by atoms with Gasteiger partial charge in [0, 0.05) is 6.61 Å². The molecule has 4 nitrogen and oxygen atoms in total. The maximum Gasteiger partial charge on any atom is 0.169 e. The summed E-state index contributed by atoms with van der Waals surface area (Å²) in [6.07, 6.45) is 1.15. The van der Waals surface area contributed by atoms with E-state index in [9.17, 15) is 10.2 Å². The fourth-order valence-electron chi connectivity index (χ4n) is 1.78. The van der Waals surface area contributed by atoms with Gasteiger partial charge in [0.15, 0.2) is 23.0 Å². The zero-order valence-electron chi connectivity index (χ0n) is 10.4. The van der Waals surface area contributed by atoms with E-state index in [1.165, 1.54) is 6.07 Å². The van der Waals surface area contributed by atoms with Crippen LogP contribution in [0.3, 0.4) is 0 Å². The summed E-state index contributed by atoms with van der Waals surface area (Å²) in [5, 5.41) is 28.5. The van der Waals surface area contributed by atoms with E-state index >= 15 is 0 Å². The minimum absolute atomic E-state index is 0.0164. The summed E-state index contributed by atoms with van der Waals surface area (Å²) >= 11 is 0. The molecular weight excluding hydrogens is 244 g/mol. The van der Waals surface area contributed by atoms with Crippen molar-refractivity contribution in [1.29, 1.82) is 0 Å². The molecule has 0 saturated heterocycles. The average molecular weight is 260 g/mol. The number of phenols is 2. The lowest BCUT2D eigenvalue weighted by Crippen LogP contribution is -1.92. The first-order valence-electron chi connectivity index (χ1n) is 6.10. The monoisotopic (exact) mass is 260 g/mol. The van der Waals surface area contributed by atoms with Crippen LogP contribution in [0.25, 0.3) is 0 Å². The number of aromatic hydroxyl groups is 2. The van der Waals surface area contributed by atoms with Crippen LogP contribution in [0, 0.1) is 0 Å². The molecule has 0 aliphatic heterocycles. The van der Waals surface area contributed by atoms with Crippen LogP contribution in [-0.4, -0.2) is 21.9 Å². The molecule has 0 atom stereocenters. The predicted molar refractivity (Wildman–Crippen MR) is 71.7 cm³/mol. The average Bonchev–Trinajstić information content (AvgIpc) is 2.42. The molecule has 0 radical (unpaired) electrons. The zero-order chi connectivity index (χ0) is 13.7. The topological polar surface area (TPSA) is 69.9 Å². The number of hydrogen-bond donors (Lipinski definition) is 3. The second-order valence-corrected chi connectivity index (χ2v) is 4.16. The number of phenolic OH excluding ortho intramolecular Hbond substituents is 2. The molecule has 3 N–H and O–H groups in total. The van der Waals surface area contributed by atoms with E-state index in [4.69, 9.17) is 9.84 Å². The number of para-hydroxylation sites is 3. The second-order valence-electron chi connectivity index (χ2n) is 4.16. The molecule has 0 fully saturated rings. The molecule has 0 unspecified atom stereocenters. The van der Waals surface area contributed by atoms with Gasteiger partial charge in [0.1, 0.15) is 0 Å². The Labute approximate surface area is 111 Å². The van der Waals surface area contributed by atoms with E-state index in [2.05, 4.69) is 0 Å². The first-order chi connectivity index (χ1) is 9.22. The van der Waals surface area contributed by atoms with Crippen LogP contribution in [0.1, 0.15) is 12.0 Å². The minimum atomic E-state index is 0.0164. The molecule has 0 aliphatic carbocycles. The van der Waals surface area contributed by atoms with Gasteiger partial charge in [0.25, 0.3) is 0 Å². The van der Waals surface area contributed by atoms with Gasteiger partial charge in [-0.05, 0) is 36.6 Å². The highest BCUT2D eigenvalue weighted by molar-refractivity contribution is 5.49. The smallest absolute Gasteiger partial charge is 0.169 e. The van der Waals surface area contributed by atoms with Gasteiger partial charge in [0.05, 0.1) is 0 Å². The molecule has 0 aliphatic rings. The zero-order valence-corrected chi connectivity index (χ0v) is 10.4. The van der Waals surface area contributed by atoms with E-state index in [1.807, 2.05) is 0 Å². The molecule has 19 heavy (non-hydrogen) atoms. The fraction of sp³-hybridized carbons (Fsp3) is 0.200. The van der Waals surface area contributed by atoms with Crippen LogP contribution in [0.5, 0.6) is 23.0 Å². The van der Waals surface area contributed by atoms with Crippen molar-refractivity contribution in [3.63, 3.8) is 0 Å². The number of rotatable bonds is 5.